The number of aromatic nitrogens is 1. The van der Waals surface area contributed by atoms with E-state index in [1.54, 1.807) is 12.3 Å². The molecule has 0 atom stereocenters. The number of carbonyl (C=O) groups is 1. The van der Waals surface area contributed by atoms with Gasteiger partial charge in [-0.15, -0.1) is 0 Å². The predicted molar refractivity (Wildman–Crippen MR) is 37.2 cm³/mol. The van der Waals surface area contributed by atoms with Gasteiger partial charge in [0.2, 0.25) is 5.91 Å². The van der Waals surface area contributed by atoms with Gasteiger partial charge in [-0.25, -0.2) is 0 Å². The maximum absolute atomic E-state index is 10.5. The van der Waals surface area contributed by atoms with Gasteiger partial charge in [-0.05, 0) is 18.6 Å². The van der Waals surface area contributed by atoms with Gasteiger partial charge >= 0.3 is 0 Å². The van der Waals surface area contributed by atoms with Crippen molar-refractivity contribution in [3.63, 3.8) is 0 Å². The number of rotatable bonds is 1. The lowest BCUT2D eigenvalue weighted by molar-refractivity contribution is 0.1000. The molecule has 0 aliphatic rings. The SMILES string of the molecule is [CH2]c1cncc(C(N)=O)c1. The zero-order chi connectivity index (χ0) is 7.56. The van der Waals surface area contributed by atoms with Crippen molar-refractivity contribution in [2.45, 2.75) is 0 Å². The van der Waals surface area contributed by atoms with E-state index in [2.05, 4.69) is 11.9 Å². The number of nitrogens with zero attached hydrogens (tertiary/aromatic N) is 1. The van der Waals surface area contributed by atoms with E-state index in [0.29, 0.717) is 11.1 Å². The van der Waals surface area contributed by atoms with E-state index in [1.807, 2.05) is 0 Å². The summed E-state index contributed by atoms with van der Waals surface area (Å²) in [7, 11) is 0. The average Bonchev–Trinajstić information content (AvgIpc) is 1.88. The van der Waals surface area contributed by atoms with Crippen molar-refractivity contribution < 1.29 is 4.79 Å². The highest BCUT2D eigenvalue weighted by Crippen LogP contribution is 1.98. The second-order valence-corrected chi connectivity index (χ2v) is 1.95. The molecule has 1 rings (SSSR count). The minimum atomic E-state index is -0.474. The first-order valence-electron chi connectivity index (χ1n) is 2.77. The lowest BCUT2D eigenvalue weighted by Crippen LogP contribution is -2.11. The van der Waals surface area contributed by atoms with Crippen LogP contribution in [0.4, 0.5) is 0 Å². The number of hydrogen-bond donors (Lipinski definition) is 1. The minimum Gasteiger partial charge on any atom is -0.366 e. The molecule has 3 heteroatoms. The molecule has 0 saturated carbocycles. The average molecular weight is 135 g/mol. The molecule has 1 radical (unpaired) electrons. The van der Waals surface area contributed by atoms with Crippen LogP contribution < -0.4 is 5.73 Å². The van der Waals surface area contributed by atoms with Gasteiger partial charge in [0.15, 0.2) is 0 Å². The number of hydrogen-bond acceptors (Lipinski definition) is 2. The predicted octanol–water partition coefficient (Wildman–Crippen LogP) is 0.363. The van der Waals surface area contributed by atoms with E-state index in [1.165, 1.54) is 6.20 Å². The quantitative estimate of drug-likeness (QED) is 0.604. The Kier molecular flexibility index (Phi) is 1.67. The monoisotopic (exact) mass is 135 g/mol. The van der Waals surface area contributed by atoms with E-state index in [-0.39, 0.29) is 0 Å². The normalized spacial score (nSPS) is 9.30. The highest BCUT2D eigenvalue weighted by atomic mass is 16.1. The fourth-order valence-corrected chi connectivity index (χ4v) is 0.622. The number of carbonyl (C=O) groups excluding carboxylic acids is 1. The van der Waals surface area contributed by atoms with Gasteiger partial charge in [0.05, 0.1) is 5.56 Å². The molecule has 1 aromatic heterocycles. The van der Waals surface area contributed by atoms with Gasteiger partial charge in [0.1, 0.15) is 0 Å². The minimum absolute atomic E-state index is 0.396. The molecule has 0 spiro atoms. The Bertz CT molecular complexity index is 258. The number of nitrogens with two attached hydrogens (primary N) is 1. The Morgan fingerprint density at radius 3 is 2.70 bits per heavy atom. The van der Waals surface area contributed by atoms with E-state index in [0.717, 1.165) is 0 Å². The molecule has 1 heterocycles. The first-order chi connectivity index (χ1) is 4.70. The largest absolute Gasteiger partial charge is 0.366 e. The summed E-state index contributed by atoms with van der Waals surface area (Å²) >= 11 is 0. The molecule has 0 fully saturated rings. The highest BCUT2D eigenvalue weighted by Gasteiger charge is 1.98. The van der Waals surface area contributed by atoms with Gasteiger partial charge < -0.3 is 5.73 Å². The number of amides is 1. The Labute approximate surface area is 58.9 Å². The van der Waals surface area contributed by atoms with Crippen molar-refractivity contribution in [2.75, 3.05) is 0 Å². The molecule has 3 nitrogen and oxygen atoms in total. The number of pyridine rings is 1. The summed E-state index contributed by atoms with van der Waals surface area (Å²) < 4.78 is 0. The van der Waals surface area contributed by atoms with Gasteiger partial charge in [0.25, 0.3) is 0 Å². The molecule has 1 aromatic rings. The molecule has 2 N–H and O–H groups in total. The van der Waals surface area contributed by atoms with Crippen molar-refractivity contribution in [3.8, 4) is 0 Å². The van der Waals surface area contributed by atoms with Gasteiger partial charge in [-0.2, -0.15) is 0 Å². The van der Waals surface area contributed by atoms with E-state index in [9.17, 15) is 4.79 Å². The first-order valence-corrected chi connectivity index (χ1v) is 2.77. The molecular weight excluding hydrogens is 128 g/mol. The third-order valence-electron chi connectivity index (χ3n) is 1.08. The molecule has 10 heavy (non-hydrogen) atoms. The zero-order valence-electron chi connectivity index (χ0n) is 5.37. The lowest BCUT2D eigenvalue weighted by Gasteiger charge is -1.93. The Morgan fingerprint density at radius 1 is 1.60 bits per heavy atom. The summed E-state index contributed by atoms with van der Waals surface area (Å²) in [4.78, 5) is 14.2. The van der Waals surface area contributed by atoms with Gasteiger partial charge in [-0.3, -0.25) is 9.78 Å². The molecule has 0 aliphatic carbocycles. The van der Waals surface area contributed by atoms with Crippen LogP contribution in [0.25, 0.3) is 0 Å². The summed E-state index contributed by atoms with van der Waals surface area (Å²) in [6.07, 6.45) is 2.98. The van der Waals surface area contributed by atoms with Crippen LogP contribution in [-0.2, 0) is 0 Å². The van der Waals surface area contributed by atoms with E-state index in [4.69, 9.17) is 5.73 Å². The zero-order valence-corrected chi connectivity index (χ0v) is 5.37. The summed E-state index contributed by atoms with van der Waals surface area (Å²) in [6.45, 7) is 3.59. The second kappa shape index (κ2) is 2.47. The third-order valence-corrected chi connectivity index (χ3v) is 1.08. The highest BCUT2D eigenvalue weighted by molar-refractivity contribution is 5.92. The van der Waals surface area contributed by atoms with Crippen LogP contribution >= 0.6 is 0 Å². The molecule has 0 unspecified atom stereocenters. The smallest absolute Gasteiger partial charge is 0.250 e. The molecule has 0 aromatic carbocycles. The lowest BCUT2D eigenvalue weighted by atomic mass is 10.2. The summed E-state index contributed by atoms with van der Waals surface area (Å²) in [5.74, 6) is -0.474. The van der Waals surface area contributed by atoms with Crippen LogP contribution in [0.2, 0.25) is 0 Å². The first kappa shape index (κ1) is 6.74. The van der Waals surface area contributed by atoms with Crippen LogP contribution in [0.5, 0.6) is 0 Å². The van der Waals surface area contributed by atoms with Crippen LogP contribution in [-0.4, -0.2) is 10.9 Å². The molecule has 0 saturated heterocycles. The fourth-order valence-electron chi connectivity index (χ4n) is 0.622. The molecular formula is C7H7N2O. The maximum atomic E-state index is 10.5. The van der Waals surface area contributed by atoms with Crippen molar-refractivity contribution in [1.29, 1.82) is 0 Å². The van der Waals surface area contributed by atoms with Crippen molar-refractivity contribution >= 4 is 5.91 Å². The Hall–Kier alpha value is -1.38. The summed E-state index contributed by atoms with van der Waals surface area (Å²) in [6, 6.07) is 1.59. The van der Waals surface area contributed by atoms with Crippen molar-refractivity contribution in [1.82, 2.24) is 4.98 Å². The van der Waals surface area contributed by atoms with Gasteiger partial charge in [-0.1, -0.05) is 0 Å². The molecule has 51 valence electrons. The van der Waals surface area contributed by atoms with Crippen LogP contribution in [0.15, 0.2) is 18.5 Å². The van der Waals surface area contributed by atoms with E-state index >= 15 is 0 Å². The standard InChI is InChI=1S/C7H7N2O/c1-5-2-6(7(8)10)4-9-3-5/h2-4H,1H2,(H2,8,10). The van der Waals surface area contributed by atoms with Crippen LogP contribution in [0.1, 0.15) is 15.9 Å². The summed E-state index contributed by atoms with van der Waals surface area (Å²) in [5.41, 5.74) is 6.06. The summed E-state index contributed by atoms with van der Waals surface area (Å²) in [5, 5.41) is 0. The maximum Gasteiger partial charge on any atom is 0.250 e. The van der Waals surface area contributed by atoms with Gasteiger partial charge in [0, 0.05) is 12.4 Å². The van der Waals surface area contributed by atoms with Crippen LogP contribution in [0, 0.1) is 6.92 Å². The van der Waals surface area contributed by atoms with Crippen LogP contribution in [0.3, 0.4) is 0 Å². The fraction of sp³-hybridized carbons (Fsp3) is 0. The van der Waals surface area contributed by atoms with Crippen molar-refractivity contribution in [2.24, 2.45) is 5.73 Å². The topological polar surface area (TPSA) is 56.0 Å². The second-order valence-electron chi connectivity index (χ2n) is 1.95. The van der Waals surface area contributed by atoms with E-state index < -0.39 is 5.91 Å². The Morgan fingerprint density at radius 2 is 2.30 bits per heavy atom. The van der Waals surface area contributed by atoms with Crippen molar-refractivity contribution in [3.05, 3.63) is 36.5 Å². The Balaban J connectivity index is 3.07. The number of primary amides is 1. The third kappa shape index (κ3) is 1.31. The molecule has 0 aliphatic heterocycles. The molecule has 1 amide bonds. The molecule has 0 bridgehead atoms.